The lowest BCUT2D eigenvalue weighted by Gasteiger charge is -2.26. The van der Waals surface area contributed by atoms with Gasteiger partial charge in [0.1, 0.15) is 23.0 Å². The molecule has 1 aliphatic heterocycles. The number of methoxy groups -OCH3 is 1. The van der Waals surface area contributed by atoms with Gasteiger partial charge in [-0.2, -0.15) is 0 Å². The molecule has 1 amide bonds. The Morgan fingerprint density at radius 3 is 2.31 bits per heavy atom. The van der Waals surface area contributed by atoms with Gasteiger partial charge in [-0.3, -0.25) is 19.3 Å². The number of hydrogen-bond donors (Lipinski definition) is 1. The SMILES string of the molecule is CCOc1cccc(/C(O)=C2/C(=O)C(=O)N(c3ccc(OC)cc3)C2c2cccc(OC(C)=O)c2)c1. The number of amides is 1. The summed E-state index contributed by atoms with van der Waals surface area (Å²) in [7, 11) is 1.53. The van der Waals surface area contributed by atoms with Crippen LogP contribution in [-0.4, -0.2) is 36.5 Å². The number of ether oxygens (including phenoxy) is 3. The second-order valence-corrected chi connectivity index (χ2v) is 7.99. The molecule has 8 heteroatoms. The molecule has 184 valence electrons. The number of aliphatic hydroxyl groups excluding tert-OH is 1. The number of nitrogens with zero attached hydrogens (tertiary/aromatic N) is 1. The van der Waals surface area contributed by atoms with Gasteiger partial charge in [0, 0.05) is 18.2 Å². The van der Waals surface area contributed by atoms with Crippen LogP contribution >= 0.6 is 0 Å². The smallest absolute Gasteiger partial charge is 0.308 e. The summed E-state index contributed by atoms with van der Waals surface area (Å²) >= 11 is 0. The van der Waals surface area contributed by atoms with Crippen molar-refractivity contribution in [3.05, 3.63) is 89.5 Å². The molecule has 0 saturated carbocycles. The molecule has 1 atom stereocenters. The van der Waals surface area contributed by atoms with Gasteiger partial charge in [-0.1, -0.05) is 24.3 Å². The van der Waals surface area contributed by atoms with Crippen molar-refractivity contribution in [3.63, 3.8) is 0 Å². The maximum Gasteiger partial charge on any atom is 0.308 e. The van der Waals surface area contributed by atoms with Crippen LogP contribution in [-0.2, 0) is 14.4 Å². The van der Waals surface area contributed by atoms with Gasteiger partial charge in [-0.15, -0.1) is 0 Å². The summed E-state index contributed by atoms with van der Waals surface area (Å²) in [5.74, 6) is -1.15. The van der Waals surface area contributed by atoms with Crippen molar-refractivity contribution in [1.82, 2.24) is 0 Å². The van der Waals surface area contributed by atoms with Gasteiger partial charge in [0.2, 0.25) is 0 Å². The van der Waals surface area contributed by atoms with Crippen LogP contribution in [0.2, 0.25) is 0 Å². The zero-order valence-corrected chi connectivity index (χ0v) is 20.1. The minimum atomic E-state index is -0.982. The zero-order valence-electron chi connectivity index (χ0n) is 20.1. The number of Topliss-reactive ketones (excluding diaryl/α,β-unsaturated/α-hetero) is 1. The molecule has 3 aromatic carbocycles. The zero-order chi connectivity index (χ0) is 25.8. The molecular weight excluding hydrogens is 462 g/mol. The van der Waals surface area contributed by atoms with E-state index in [-0.39, 0.29) is 17.1 Å². The van der Waals surface area contributed by atoms with Gasteiger partial charge in [-0.25, -0.2) is 0 Å². The topological polar surface area (TPSA) is 102 Å². The third-order valence-corrected chi connectivity index (χ3v) is 5.65. The number of carbonyl (C=O) groups excluding carboxylic acids is 3. The summed E-state index contributed by atoms with van der Waals surface area (Å²) in [4.78, 5) is 39.5. The molecule has 4 rings (SSSR count). The van der Waals surface area contributed by atoms with Gasteiger partial charge in [0.25, 0.3) is 11.7 Å². The van der Waals surface area contributed by atoms with Crippen molar-refractivity contribution in [2.24, 2.45) is 0 Å². The van der Waals surface area contributed by atoms with E-state index in [9.17, 15) is 19.5 Å². The normalized spacial score (nSPS) is 16.6. The van der Waals surface area contributed by atoms with Crippen molar-refractivity contribution in [2.75, 3.05) is 18.6 Å². The third-order valence-electron chi connectivity index (χ3n) is 5.65. The largest absolute Gasteiger partial charge is 0.507 e. The maximum absolute atomic E-state index is 13.3. The molecule has 0 radical (unpaired) electrons. The second kappa shape index (κ2) is 10.4. The molecular formula is C28H25NO7. The van der Waals surface area contributed by atoms with Crippen LogP contribution in [0.15, 0.2) is 78.4 Å². The van der Waals surface area contributed by atoms with E-state index in [4.69, 9.17) is 14.2 Å². The highest BCUT2D eigenvalue weighted by molar-refractivity contribution is 6.51. The second-order valence-electron chi connectivity index (χ2n) is 7.99. The van der Waals surface area contributed by atoms with Crippen LogP contribution in [0.4, 0.5) is 5.69 Å². The number of anilines is 1. The number of esters is 1. The first-order valence-electron chi connectivity index (χ1n) is 11.3. The Morgan fingerprint density at radius 1 is 0.944 bits per heavy atom. The van der Waals surface area contributed by atoms with Crippen LogP contribution in [0.3, 0.4) is 0 Å². The number of ketones is 1. The first-order chi connectivity index (χ1) is 17.3. The summed E-state index contributed by atoms with van der Waals surface area (Å²) in [6.07, 6.45) is 0. The van der Waals surface area contributed by atoms with Gasteiger partial charge in [0.05, 0.1) is 25.3 Å². The molecule has 0 spiro atoms. The Morgan fingerprint density at radius 2 is 1.64 bits per heavy atom. The fourth-order valence-corrected chi connectivity index (χ4v) is 4.13. The molecule has 1 saturated heterocycles. The third kappa shape index (κ3) is 4.79. The van der Waals surface area contributed by atoms with Gasteiger partial charge in [0.15, 0.2) is 0 Å². The summed E-state index contributed by atoms with van der Waals surface area (Å²) in [6, 6.07) is 18.8. The van der Waals surface area contributed by atoms with Crippen molar-refractivity contribution in [2.45, 2.75) is 19.9 Å². The van der Waals surface area contributed by atoms with Crippen molar-refractivity contribution in [1.29, 1.82) is 0 Å². The van der Waals surface area contributed by atoms with Crippen LogP contribution in [0.5, 0.6) is 17.2 Å². The van der Waals surface area contributed by atoms with E-state index >= 15 is 0 Å². The van der Waals surface area contributed by atoms with E-state index in [1.54, 1.807) is 72.8 Å². The predicted octanol–water partition coefficient (Wildman–Crippen LogP) is 4.65. The molecule has 0 aromatic heterocycles. The molecule has 0 aliphatic carbocycles. The van der Waals surface area contributed by atoms with Crippen molar-refractivity contribution < 1.29 is 33.7 Å². The number of aliphatic hydroxyl groups is 1. The Kier molecular flexibility index (Phi) is 7.05. The fourth-order valence-electron chi connectivity index (χ4n) is 4.13. The summed E-state index contributed by atoms with van der Waals surface area (Å²) in [5, 5.41) is 11.3. The first-order valence-corrected chi connectivity index (χ1v) is 11.3. The highest BCUT2D eigenvalue weighted by atomic mass is 16.5. The molecule has 8 nitrogen and oxygen atoms in total. The Bertz CT molecular complexity index is 1340. The van der Waals surface area contributed by atoms with E-state index < -0.39 is 23.7 Å². The van der Waals surface area contributed by atoms with E-state index in [1.165, 1.54) is 18.9 Å². The van der Waals surface area contributed by atoms with Crippen molar-refractivity contribution in [3.8, 4) is 17.2 Å². The number of carbonyl (C=O) groups is 3. The summed E-state index contributed by atoms with van der Waals surface area (Å²) in [6.45, 7) is 3.54. The predicted molar refractivity (Wildman–Crippen MR) is 133 cm³/mol. The van der Waals surface area contributed by atoms with Crippen LogP contribution < -0.4 is 19.1 Å². The average Bonchev–Trinajstić information content (AvgIpc) is 3.14. The minimum absolute atomic E-state index is 0.0931. The van der Waals surface area contributed by atoms with E-state index in [1.807, 2.05) is 6.92 Å². The average molecular weight is 488 g/mol. The Balaban J connectivity index is 1.91. The van der Waals surface area contributed by atoms with Crippen LogP contribution in [0.25, 0.3) is 5.76 Å². The van der Waals surface area contributed by atoms with Crippen molar-refractivity contribution >= 4 is 29.1 Å². The van der Waals surface area contributed by atoms with Gasteiger partial charge in [-0.05, 0) is 61.0 Å². The van der Waals surface area contributed by atoms with Crippen LogP contribution in [0, 0.1) is 0 Å². The van der Waals surface area contributed by atoms with Gasteiger partial charge >= 0.3 is 5.97 Å². The summed E-state index contributed by atoms with van der Waals surface area (Å²) < 4.78 is 16.0. The van der Waals surface area contributed by atoms with Gasteiger partial charge < -0.3 is 19.3 Å². The van der Waals surface area contributed by atoms with E-state index in [0.29, 0.717) is 34.9 Å². The quantitative estimate of drug-likeness (QED) is 0.170. The standard InChI is InChI=1S/C28H25NO7/c1-4-35-22-9-6-8-19(16-22)26(31)24-25(18-7-5-10-23(15-18)36-17(2)30)29(28(33)27(24)32)20-11-13-21(34-3)14-12-20/h5-16,25,31H,4H2,1-3H3/b26-24-. The fraction of sp³-hybridized carbons (Fsp3) is 0.179. The number of hydrogen-bond acceptors (Lipinski definition) is 7. The highest BCUT2D eigenvalue weighted by Crippen LogP contribution is 2.43. The maximum atomic E-state index is 13.3. The molecule has 1 heterocycles. The van der Waals surface area contributed by atoms with E-state index in [2.05, 4.69) is 0 Å². The first kappa shape index (κ1) is 24.5. The molecule has 3 aromatic rings. The van der Waals surface area contributed by atoms with E-state index in [0.717, 1.165) is 0 Å². The molecule has 36 heavy (non-hydrogen) atoms. The lowest BCUT2D eigenvalue weighted by atomic mass is 9.95. The number of rotatable bonds is 7. The molecule has 1 aliphatic rings. The molecule has 1 fully saturated rings. The molecule has 1 unspecified atom stereocenters. The Hall–Kier alpha value is -4.59. The lowest BCUT2D eigenvalue weighted by Crippen LogP contribution is -2.29. The molecule has 1 N–H and O–H groups in total. The minimum Gasteiger partial charge on any atom is -0.507 e. The summed E-state index contributed by atoms with van der Waals surface area (Å²) in [5.41, 5.74) is 1.15. The Labute approximate surface area is 208 Å². The lowest BCUT2D eigenvalue weighted by molar-refractivity contribution is -0.132. The highest BCUT2D eigenvalue weighted by Gasteiger charge is 2.47. The van der Waals surface area contributed by atoms with Crippen LogP contribution in [0.1, 0.15) is 31.0 Å². The monoisotopic (exact) mass is 487 g/mol. The number of benzene rings is 3. The molecule has 0 bridgehead atoms.